The van der Waals surface area contributed by atoms with Gasteiger partial charge in [0.1, 0.15) is 0 Å². The zero-order valence-electron chi connectivity index (χ0n) is 11.0. The van der Waals surface area contributed by atoms with Crippen molar-refractivity contribution in [2.75, 3.05) is 18.5 Å². The summed E-state index contributed by atoms with van der Waals surface area (Å²) in [6.07, 6.45) is 0.920. The first-order chi connectivity index (χ1) is 9.49. The summed E-state index contributed by atoms with van der Waals surface area (Å²) in [5.74, 6) is -0.877. The molecule has 7 heteroatoms. The number of nitrogens with zero attached hydrogens (tertiary/aromatic N) is 1. The summed E-state index contributed by atoms with van der Waals surface area (Å²) in [5.41, 5.74) is 0.0669. The lowest BCUT2D eigenvalue weighted by molar-refractivity contribution is -0.384. The maximum Gasteiger partial charge on any atom is 0.338 e. The van der Waals surface area contributed by atoms with E-state index in [1.165, 1.54) is 12.1 Å². The van der Waals surface area contributed by atoms with E-state index in [0.717, 1.165) is 12.5 Å². The van der Waals surface area contributed by atoms with Gasteiger partial charge in [-0.1, -0.05) is 0 Å². The van der Waals surface area contributed by atoms with Crippen molar-refractivity contribution in [3.8, 4) is 0 Å². The summed E-state index contributed by atoms with van der Waals surface area (Å²) >= 11 is 0. The van der Waals surface area contributed by atoms with Gasteiger partial charge in [-0.05, 0) is 19.4 Å². The number of non-ortho nitro benzene ring substituents is 1. The largest absolute Gasteiger partial charge is 0.478 e. The van der Waals surface area contributed by atoms with Crippen LogP contribution in [0.1, 0.15) is 23.7 Å². The van der Waals surface area contributed by atoms with Crippen molar-refractivity contribution in [1.29, 1.82) is 0 Å². The molecule has 1 heterocycles. The number of nitro groups is 1. The molecule has 2 rings (SSSR count). The second-order valence-electron chi connectivity index (χ2n) is 4.85. The lowest BCUT2D eigenvalue weighted by atomic mass is 10.00. The molecule has 0 saturated carbocycles. The van der Waals surface area contributed by atoms with Crippen LogP contribution in [0.15, 0.2) is 18.2 Å². The van der Waals surface area contributed by atoms with Gasteiger partial charge in [0.15, 0.2) is 0 Å². The van der Waals surface area contributed by atoms with Crippen molar-refractivity contribution >= 4 is 17.3 Å². The normalized spacial score (nSPS) is 19.6. The Hall–Kier alpha value is -2.15. The molecule has 108 valence electrons. The van der Waals surface area contributed by atoms with Crippen LogP contribution in [0.2, 0.25) is 0 Å². The minimum Gasteiger partial charge on any atom is -0.478 e. The number of carbonyl (C=O) groups is 1. The lowest BCUT2D eigenvalue weighted by Crippen LogP contribution is -2.27. The van der Waals surface area contributed by atoms with Crippen molar-refractivity contribution in [1.82, 2.24) is 0 Å². The average Bonchev–Trinajstić information content (AvgIpc) is 2.92. The van der Waals surface area contributed by atoms with Crippen molar-refractivity contribution in [3.63, 3.8) is 0 Å². The highest BCUT2D eigenvalue weighted by Crippen LogP contribution is 2.25. The summed E-state index contributed by atoms with van der Waals surface area (Å²) in [6.45, 7) is 3.30. The monoisotopic (exact) mass is 280 g/mol. The molecule has 1 aromatic carbocycles. The first-order valence-electron chi connectivity index (χ1n) is 6.35. The fourth-order valence-electron chi connectivity index (χ4n) is 2.26. The summed E-state index contributed by atoms with van der Waals surface area (Å²) in [6, 6.07) is 3.85. The summed E-state index contributed by atoms with van der Waals surface area (Å²) in [5, 5.41) is 23.0. The summed E-state index contributed by atoms with van der Waals surface area (Å²) in [4.78, 5) is 21.3. The Bertz CT molecular complexity index is 525. The molecule has 1 saturated heterocycles. The number of hydrogen-bond acceptors (Lipinski definition) is 5. The Morgan fingerprint density at radius 2 is 2.35 bits per heavy atom. The van der Waals surface area contributed by atoms with Crippen LogP contribution >= 0.6 is 0 Å². The zero-order valence-corrected chi connectivity index (χ0v) is 11.0. The molecule has 20 heavy (non-hydrogen) atoms. The van der Waals surface area contributed by atoms with E-state index in [-0.39, 0.29) is 17.3 Å². The summed E-state index contributed by atoms with van der Waals surface area (Å²) < 4.78 is 5.30. The number of ether oxygens (including phenoxy) is 1. The molecule has 0 aromatic heterocycles. The van der Waals surface area contributed by atoms with E-state index < -0.39 is 10.9 Å². The smallest absolute Gasteiger partial charge is 0.338 e. The van der Waals surface area contributed by atoms with Crippen LogP contribution in [0.3, 0.4) is 0 Å². The predicted octanol–water partition coefficient (Wildman–Crippen LogP) is 2.13. The minimum absolute atomic E-state index is 0.0389. The number of carboxylic acids is 1. The van der Waals surface area contributed by atoms with Crippen molar-refractivity contribution in [2.24, 2.45) is 5.92 Å². The highest BCUT2D eigenvalue weighted by molar-refractivity contribution is 5.95. The molecule has 2 unspecified atom stereocenters. The molecule has 0 spiro atoms. The molecular weight excluding hydrogens is 264 g/mol. The van der Waals surface area contributed by atoms with E-state index >= 15 is 0 Å². The number of benzene rings is 1. The fourth-order valence-corrected chi connectivity index (χ4v) is 2.26. The molecule has 1 fully saturated rings. The van der Waals surface area contributed by atoms with Gasteiger partial charge in [-0.15, -0.1) is 0 Å². The van der Waals surface area contributed by atoms with E-state index in [2.05, 4.69) is 5.32 Å². The molecule has 0 aliphatic carbocycles. The van der Waals surface area contributed by atoms with Gasteiger partial charge in [0.2, 0.25) is 0 Å². The van der Waals surface area contributed by atoms with Gasteiger partial charge in [-0.3, -0.25) is 10.1 Å². The molecular formula is C13H16N2O5. The number of nitro benzene ring substituents is 1. The quantitative estimate of drug-likeness (QED) is 0.632. The zero-order chi connectivity index (χ0) is 14.7. The van der Waals surface area contributed by atoms with Gasteiger partial charge < -0.3 is 15.2 Å². The first-order valence-corrected chi connectivity index (χ1v) is 6.35. The number of nitrogens with one attached hydrogen (secondary N) is 1. The Morgan fingerprint density at radius 3 is 2.90 bits per heavy atom. The Balaban J connectivity index is 2.21. The van der Waals surface area contributed by atoms with E-state index in [9.17, 15) is 14.9 Å². The van der Waals surface area contributed by atoms with Crippen LogP contribution in [0.5, 0.6) is 0 Å². The average molecular weight is 280 g/mol. The molecule has 0 bridgehead atoms. The van der Waals surface area contributed by atoms with Crippen LogP contribution in [-0.4, -0.2) is 35.3 Å². The third kappa shape index (κ3) is 3.05. The maximum absolute atomic E-state index is 11.2. The Morgan fingerprint density at radius 1 is 1.60 bits per heavy atom. The van der Waals surface area contributed by atoms with Crippen LogP contribution in [0.4, 0.5) is 11.4 Å². The van der Waals surface area contributed by atoms with Crippen molar-refractivity contribution < 1.29 is 19.6 Å². The van der Waals surface area contributed by atoms with E-state index in [1.54, 1.807) is 0 Å². The van der Waals surface area contributed by atoms with Gasteiger partial charge >= 0.3 is 5.97 Å². The van der Waals surface area contributed by atoms with Crippen molar-refractivity contribution in [3.05, 3.63) is 33.9 Å². The van der Waals surface area contributed by atoms with Gasteiger partial charge in [-0.2, -0.15) is 0 Å². The van der Waals surface area contributed by atoms with Crippen molar-refractivity contribution in [2.45, 2.75) is 19.4 Å². The van der Waals surface area contributed by atoms with E-state index in [1.807, 2.05) is 6.92 Å². The van der Waals surface area contributed by atoms with Crippen LogP contribution in [0, 0.1) is 16.0 Å². The molecule has 7 nitrogen and oxygen atoms in total. The third-order valence-electron chi connectivity index (χ3n) is 3.50. The SMILES string of the molecule is CC(Nc1ccc([N+](=O)[O-])cc1C(=O)O)C1CCOC1. The number of aromatic carboxylic acids is 1. The third-order valence-corrected chi connectivity index (χ3v) is 3.50. The number of anilines is 1. The van der Waals surface area contributed by atoms with E-state index in [4.69, 9.17) is 9.84 Å². The number of hydrogen-bond donors (Lipinski definition) is 2. The topological polar surface area (TPSA) is 102 Å². The molecule has 1 aliphatic heterocycles. The first kappa shape index (κ1) is 14.3. The molecule has 0 radical (unpaired) electrons. The lowest BCUT2D eigenvalue weighted by Gasteiger charge is -2.21. The Labute approximate surface area is 115 Å². The second-order valence-corrected chi connectivity index (χ2v) is 4.85. The molecule has 2 N–H and O–H groups in total. The highest BCUT2D eigenvalue weighted by atomic mass is 16.6. The van der Waals surface area contributed by atoms with Gasteiger partial charge in [0, 0.05) is 36.4 Å². The van der Waals surface area contributed by atoms with Gasteiger partial charge in [0.05, 0.1) is 17.1 Å². The van der Waals surface area contributed by atoms with E-state index in [0.29, 0.717) is 24.8 Å². The summed E-state index contributed by atoms with van der Waals surface area (Å²) in [7, 11) is 0. The van der Waals surface area contributed by atoms with Crippen LogP contribution < -0.4 is 5.32 Å². The fraction of sp³-hybridized carbons (Fsp3) is 0.462. The highest BCUT2D eigenvalue weighted by Gasteiger charge is 2.24. The number of carboxylic acid groups (broad SMARTS) is 1. The molecule has 2 atom stereocenters. The standard InChI is InChI=1S/C13H16N2O5/c1-8(9-4-5-20-7-9)14-12-3-2-10(15(18)19)6-11(12)13(16)17/h2-3,6,8-9,14H,4-5,7H2,1H3,(H,16,17). The maximum atomic E-state index is 11.2. The van der Waals surface area contributed by atoms with Gasteiger partial charge in [-0.25, -0.2) is 4.79 Å². The van der Waals surface area contributed by atoms with Crippen LogP contribution in [-0.2, 0) is 4.74 Å². The second kappa shape index (κ2) is 5.87. The van der Waals surface area contributed by atoms with Crippen LogP contribution in [0.25, 0.3) is 0 Å². The minimum atomic E-state index is -1.19. The Kier molecular flexibility index (Phi) is 4.19. The molecule has 0 amide bonds. The van der Waals surface area contributed by atoms with Gasteiger partial charge in [0.25, 0.3) is 5.69 Å². The molecule has 1 aliphatic rings. The number of rotatable bonds is 5. The predicted molar refractivity (Wildman–Crippen MR) is 72.1 cm³/mol. The molecule has 1 aromatic rings.